The molecule has 29 heavy (non-hydrogen) atoms. The van der Waals surface area contributed by atoms with Gasteiger partial charge >= 0.3 is 0 Å². The number of ketones is 1. The van der Waals surface area contributed by atoms with Crippen LogP contribution < -0.4 is 10.6 Å². The molecule has 4 heterocycles. The Kier molecular flexibility index (Phi) is 6.74. The number of nitrogens with one attached hydrogen (secondary N) is 2. The van der Waals surface area contributed by atoms with Gasteiger partial charge in [-0.2, -0.15) is 0 Å². The molecule has 2 aliphatic rings. The molecule has 2 aliphatic heterocycles. The lowest BCUT2D eigenvalue weighted by Gasteiger charge is -2.22. The van der Waals surface area contributed by atoms with E-state index in [-0.39, 0.29) is 11.7 Å². The number of hydrogen-bond acceptors (Lipinski definition) is 6. The second-order valence-electron chi connectivity index (χ2n) is 7.83. The Hall–Kier alpha value is -2.02. The van der Waals surface area contributed by atoms with Gasteiger partial charge in [0, 0.05) is 56.1 Å². The van der Waals surface area contributed by atoms with Gasteiger partial charge in [0.1, 0.15) is 11.6 Å². The number of ether oxygens (including phenoxy) is 1. The second kappa shape index (κ2) is 9.65. The van der Waals surface area contributed by atoms with E-state index in [1.807, 2.05) is 24.3 Å². The Bertz CT molecular complexity index is 848. The van der Waals surface area contributed by atoms with Crippen molar-refractivity contribution in [2.24, 2.45) is 11.8 Å². The number of rotatable bonds is 7. The summed E-state index contributed by atoms with van der Waals surface area (Å²) in [4.78, 5) is 21.6. The van der Waals surface area contributed by atoms with E-state index in [1.54, 1.807) is 6.20 Å². The molecule has 154 valence electrons. The summed E-state index contributed by atoms with van der Waals surface area (Å²) in [7, 11) is 0. The van der Waals surface area contributed by atoms with Crippen LogP contribution in [0.5, 0.6) is 0 Å². The molecule has 2 saturated heterocycles. The van der Waals surface area contributed by atoms with Crippen LogP contribution in [0.15, 0.2) is 30.5 Å². The van der Waals surface area contributed by atoms with Crippen LogP contribution in [0.4, 0.5) is 5.82 Å². The van der Waals surface area contributed by atoms with Crippen LogP contribution in [0.1, 0.15) is 25.0 Å². The van der Waals surface area contributed by atoms with Crippen LogP contribution in [0, 0.1) is 11.8 Å². The smallest absolute Gasteiger partial charge is 0.143 e. The Morgan fingerprint density at radius 1 is 1.28 bits per heavy atom. The van der Waals surface area contributed by atoms with Crippen LogP contribution in [-0.2, 0) is 16.0 Å². The highest BCUT2D eigenvalue weighted by atomic mass is 35.5. The molecular formula is C22H27ClN4O2. The highest BCUT2D eigenvalue weighted by Crippen LogP contribution is 2.28. The van der Waals surface area contributed by atoms with E-state index in [0.717, 1.165) is 74.9 Å². The molecule has 0 unspecified atom stereocenters. The first kappa shape index (κ1) is 20.3. The average molecular weight is 415 g/mol. The molecule has 2 aromatic rings. The fourth-order valence-corrected chi connectivity index (χ4v) is 4.11. The van der Waals surface area contributed by atoms with Crippen molar-refractivity contribution in [3.63, 3.8) is 0 Å². The van der Waals surface area contributed by atoms with Gasteiger partial charge in [-0.1, -0.05) is 17.7 Å². The maximum Gasteiger partial charge on any atom is 0.143 e. The number of carbonyl (C=O) groups excluding carboxylic acids is 1. The van der Waals surface area contributed by atoms with Gasteiger partial charge in [-0.15, -0.1) is 0 Å². The summed E-state index contributed by atoms with van der Waals surface area (Å²) in [5, 5.41) is 7.22. The minimum absolute atomic E-state index is 0.0896. The van der Waals surface area contributed by atoms with Crippen molar-refractivity contribution in [2.45, 2.75) is 25.7 Å². The number of carbonyl (C=O) groups is 1. The van der Waals surface area contributed by atoms with Crippen molar-refractivity contribution in [2.75, 3.05) is 38.2 Å². The summed E-state index contributed by atoms with van der Waals surface area (Å²) in [6.45, 7) is 4.24. The van der Waals surface area contributed by atoms with Gasteiger partial charge in [-0.25, -0.2) is 4.98 Å². The lowest BCUT2D eigenvalue weighted by atomic mass is 9.98. The van der Waals surface area contributed by atoms with E-state index >= 15 is 0 Å². The Morgan fingerprint density at radius 2 is 2.14 bits per heavy atom. The summed E-state index contributed by atoms with van der Waals surface area (Å²) in [6.07, 6.45) is 5.02. The molecule has 4 rings (SSSR count). The number of hydrogen-bond donors (Lipinski definition) is 2. The average Bonchev–Trinajstić information content (AvgIpc) is 3.30. The van der Waals surface area contributed by atoms with Crippen LogP contribution >= 0.6 is 11.6 Å². The number of nitrogens with zero attached hydrogens (tertiary/aromatic N) is 2. The molecule has 0 aromatic carbocycles. The molecule has 7 heteroatoms. The second-order valence-corrected chi connectivity index (χ2v) is 8.24. The van der Waals surface area contributed by atoms with Gasteiger partial charge in [0.25, 0.3) is 0 Å². The molecule has 0 amide bonds. The summed E-state index contributed by atoms with van der Waals surface area (Å²) >= 11 is 6.41. The SMILES string of the molecule is O=C(Cc1cc(-c2cccc(NCC3CCOCC3)n2)c(Cl)cn1)[C@@H]1CCNC1. The van der Waals surface area contributed by atoms with Crippen LogP contribution in [0.3, 0.4) is 0 Å². The molecule has 0 radical (unpaired) electrons. The fourth-order valence-electron chi connectivity index (χ4n) is 3.91. The number of pyridine rings is 2. The zero-order valence-electron chi connectivity index (χ0n) is 16.5. The molecule has 0 aliphatic carbocycles. The first-order chi connectivity index (χ1) is 14.2. The summed E-state index contributed by atoms with van der Waals surface area (Å²) in [6, 6.07) is 7.77. The van der Waals surface area contributed by atoms with E-state index in [9.17, 15) is 4.79 Å². The van der Waals surface area contributed by atoms with E-state index in [2.05, 4.69) is 15.6 Å². The number of anilines is 1. The molecule has 2 N–H and O–H groups in total. The Balaban J connectivity index is 1.46. The van der Waals surface area contributed by atoms with Crippen molar-refractivity contribution in [1.82, 2.24) is 15.3 Å². The zero-order valence-corrected chi connectivity index (χ0v) is 17.3. The van der Waals surface area contributed by atoms with Gasteiger partial charge in [0.15, 0.2) is 0 Å². The fraction of sp³-hybridized carbons (Fsp3) is 0.500. The third kappa shape index (κ3) is 5.32. The minimum Gasteiger partial charge on any atom is -0.381 e. The van der Waals surface area contributed by atoms with Gasteiger partial charge in [0.2, 0.25) is 0 Å². The standard InChI is InChI=1S/C22H27ClN4O2/c23-19-14-25-17(11-21(28)16-4-7-24-13-16)10-18(19)20-2-1-3-22(27-20)26-12-15-5-8-29-9-6-15/h1-3,10,14-16,24H,4-9,11-13H2,(H,26,27)/t16-/m1/s1. The highest BCUT2D eigenvalue weighted by Gasteiger charge is 2.23. The summed E-state index contributed by atoms with van der Waals surface area (Å²) in [5.74, 6) is 1.76. The number of aromatic nitrogens is 2. The van der Waals surface area contributed by atoms with Crippen molar-refractivity contribution >= 4 is 23.2 Å². The number of halogens is 1. The van der Waals surface area contributed by atoms with E-state index < -0.39 is 0 Å². The predicted octanol–water partition coefficient (Wildman–Crippen LogP) is 3.36. The van der Waals surface area contributed by atoms with E-state index in [4.69, 9.17) is 21.3 Å². The van der Waals surface area contributed by atoms with Crippen LogP contribution in [-0.4, -0.2) is 48.6 Å². The van der Waals surface area contributed by atoms with E-state index in [0.29, 0.717) is 17.4 Å². The predicted molar refractivity (Wildman–Crippen MR) is 114 cm³/mol. The largest absolute Gasteiger partial charge is 0.381 e. The molecule has 0 saturated carbocycles. The van der Waals surface area contributed by atoms with Gasteiger partial charge in [-0.05, 0) is 49.9 Å². The Morgan fingerprint density at radius 3 is 2.93 bits per heavy atom. The van der Waals surface area contributed by atoms with E-state index in [1.165, 1.54) is 0 Å². The third-order valence-corrected chi connectivity index (χ3v) is 6.02. The minimum atomic E-state index is 0.0896. The quantitative estimate of drug-likeness (QED) is 0.723. The molecule has 1 atom stereocenters. The van der Waals surface area contributed by atoms with Crippen LogP contribution in [0.2, 0.25) is 5.02 Å². The van der Waals surface area contributed by atoms with Crippen molar-refractivity contribution in [3.05, 3.63) is 41.2 Å². The topological polar surface area (TPSA) is 76.1 Å². The maximum atomic E-state index is 12.5. The molecule has 6 nitrogen and oxygen atoms in total. The zero-order chi connectivity index (χ0) is 20.1. The molecule has 2 aromatic heterocycles. The first-order valence-electron chi connectivity index (χ1n) is 10.4. The van der Waals surface area contributed by atoms with Crippen molar-refractivity contribution in [3.8, 4) is 11.3 Å². The highest BCUT2D eigenvalue weighted by molar-refractivity contribution is 6.33. The van der Waals surface area contributed by atoms with Crippen LogP contribution in [0.25, 0.3) is 11.3 Å². The van der Waals surface area contributed by atoms with Crippen molar-refractivity contribution < 1.29 is 9.53 Å². The molecule has 0 bridgehead atoms. The van der Waals surface area contributed by atoms with Gasteiger partial charge in [-0.3, -0.25) is 9.78 Å². The number of Topliss-reactive ketones (excluding diaryl/α,β-unsaturated/α-hetero) is 1. The monoisotopic (exact) mass is 414 g/mol. The lowest BCUT2D eigenvalue weighted by Crippen LogP contribution is -2.22. The van der Waals surface area contributed by atoms with Crippen molar-refractivity contribution in [1.29, 1.82) is 0 Å². The first-order valence-corrected chi connectivity index (χ1v) is 10.7. The maximum absolute atomic E-state index is 12.5. The lowest BCUT2D eigenvalue weighted by molar-refractivity contribution is -0.121. The molecule has 0 spiro atoms. The molecule has 2 fully saturated rings. The normalized spacial score (nSPS) is 20.0. The summed E-state index contributed by atoms with van der Waals surface area (Å²) < 4.78 is 5.42. The summed E-state index contributed by atoms with van der Waals surface area (Å²) in [5.41, 5.74) is 2.33. The molecular weight excluding hydrogens is 388 g/mol. The van der Waals surface area contributed by atoms with Gasteiger partial charge < -0.3 is 15.4 Å². The van der Waals surface area contributed by atoms with Gasteiger partial charge in [0.05, 0.1) is 10.7 Å². The Labute approximate surface area is 176 Å². The third-order valence-electron chi connectivity index (χ3n) is 5.72.